The molecule has 84 valence electrons. The number of hydrogen-bond donors (Lipinski definition) is 1. The van der Waals surface area contributed by atoms with Crippen LogP contribution >= 0.6 is 0 Å². The van der Waals surface area contributed by atoms with Crippen molar-refractivity contribution >= 4 is 0 Å². The zero-order valence-electron chi connectivity index (χ0n) is 10.1. The van der Waals surface area contributed by atoms with E-state index in [4.69, 9.17) is 0 Å². The SMILES string of the molecule is CCCN(CC)C1CCC(NCC)C1. The van der Waals surface area contributed by atoms with Gasteiger partial charge in [-0.1, -0.05) is 20.8 Å². The Balaban J connectivity index is 2.31. The second-order valence-electron chi connectivity index (χ2n) is 4.35. The van der Waals surface area contributed by atoms with Gasteiger partial charge in [0, 0.05) is 12.1 Å². The lowest BCUT2D eigenvalue weighted by molar-refractivity contribution is 0.206. The third-order valence-electron chi connectivity index (χ3n) is 3.33. The molecule has 1 saturated carbocycles. The average Bonchev–Trinajstić information content (AvgIpc) is 2.63. The van der Waals surface area contributed by atoms with E-state index in [0.29, 0.717) is 0 Å². The molecule has 0 radical (unpaired) electrons. The third kappa shape index (κ3) is 3.25. The van der Waals surface area contributed by atoms with Crippen molar-refractivity contribution in [2.45, 2.75) is 58.5 Å². The molecule has 0 aromatic heterocycles. The van der Waals surface area contributed by atoms with Crippen molar-refractivity contribution in [1.29, 1.82) is 0 Å². The fourth-order valence-electron chi connectivity index (χ4n) is 2.65. The van der Waals surface area contributed by atoms with Gasteiger partial charge in [-0.3, -0.25) is 0 Å². The summed E-state index contributed by atoms with van der Waals surface area (Å²) in [5, 5.41) is 3.57. The zero-order chi connectivity index (χ0) is 10.4. The van der Waals surface area contributed by atoms with Crippen molar-refractivity contribution < 1.29 is 0 Å². The van der Waals surface area contributed by atoms with Crippen LogP contribution in [0.25, 0.3) is 0 Å². The molecular formula is C12H26N2. The third-order valence-corrected chi connectivity index (χ3v) is 3.33. The van der Waals surface area contributed by atoms with Crippen molar-refractivity contribution in [1.82, 2.24) is 10.2 Å². The predicted octanol–water partition coefficient (Wildman–Crippen LogP) is 2.25. The molecule has 0 aromatic rings. The second-order valence-corrected chi connectivity index (χ2v) is 4.35. The minimum Gasteiger partial charge on any atom is -0.314 e. The smallest absolute Gasteiger partial charge is 0.0110 e. The summed E-state index contributed by atoms with van der Waals surface area (Å²) in [7, 11) is 0. The Morgan fingerprint density at radius 2 is 2.00 bits per heavy atom. The van der Waals surface area contributed by atoms with Crippen molar-refractivity contribution in [2.75, 3.05) is 19.6 Å². The highest BCUT2D eigenvalue weighted by atomic mass is 15.2. The first-order chi connectivity index (χ1) is 6.81. The van der Waals surface area contributed by atoms with E-state index in [1.165, 1.54) is 38.8 Å². The first kappa shape index (κ1) is 12.0. The Morgan fingerprint density at radius 3 is 2.57 bits per heavy atom. The summed E-state index contributed by atoms with van der Waals surface area (Å²) < 4.78 is 0. The van der Waals surface area contributed by atoms with Gasteiger partial charge >= 0.3 is 0 Å². The van der Waals surface area contributed by atoms with Gasteiger partial charge in [-0.15, -0.1) is 0 Å². The van der Waals surface area contributed by atoms with Crippen LogP contribution in [0.3, 0.4) is 0 Å². The molecule has 1 rings (SSSR count). The van der Waals surface area contributed by atoms with E-state index in [2.05, 4.69) is 31.0 Å². The molecule has 0 heterocycles. The van der Waals surface area contributed by atoms with E-state index in [-0.39, 0.29) is 0 Å². The molecule has 1 aliphatic rings. The van der Waals surface area contributed by atoms with Gasteiger partial charge in [0.05, 0.1) is 0 Å². The molecule has 2 unspecified atom stereocenters. The lowest BCUT2D eigenvalue weighted by Gasteiger charge is -2.27. The Labute approximate surface area is 89.1 Å². The normalized spacial score (nSPS) is 27.4. The van der Waals surface area contributed by atoms with Gasteiger partial charge in [-0.2, -0.15) is 0 Å². The molecular weight excluding hydrogens is 172 g/mol. The van der Waals surface area contributed by atoms with Gasteiger partial charge < -0.3 is 10.2 Å². The Kier molecular flexibility index (Phi) is 5.49. The highest BCUT2D eigenvalue weighted by molar-refractivity contribution is 4.86. The highest BCUT2D eigenvalue weighted by Gasteiger charge is 2.27. The molecule has 1 fully saturated rings. The van der Waals surface area contributed by atoms with E-state index < -0.39 is 0 Å². The van der Waals surface area contributed by atoms with Crippen molar-refractivity contribution in [3.8, 4) is 0 Å². The summed E-state index contributed by atoms with van der Waals surface area (Å²) in [5.74, 6) is 0. The quantitative estimate of drug-likeness (QED) is 0.704. The van der Waals surface area contributed by atoms with Gasteiger partial charge in [0.15, 0.2) is 0 Å². The summed E-state index contributed by atoms with van der Waals surface area (Å²) in [6.07, 6.45) is 5.42. The fourth-order valence-corrected chi connectivity index (χ4v) is 2.65. The zero-order valence-corrected chi connectivity index (χ0v) is 10.1. The Morgan fingerprint density at radius 1 is 1.21 bits per heavy atom. The fraction of sp³-hybridized carbons (Fsp3) is 1.00. The van der Waals surface area contributed by atoms with E-state index in [1.54, 1.807) is 0 Å². The van der Waals surface area contributed by atoms with E-state index in [0.717, 1.165) is 18.6 Å². The molecule has 0 amide bonds. The average molecular weight is 198 g/mol. The maximum absolute atomic E-state index is 3.57. The molecule has 2 nitrogen and oxygen atoms in total. The minimum absolute atomic E-state index is 0.788. The van der Waals surface area contributed by atoms with Crippen LogP contribution < -0.4 is 5.32 Å². The number of rotatable bonds is 6. The van der Waals surface area contributed by atoms with E-state index in [1.807, 2.05) is 0 Å². The van der Waals surface area contributed by atoms with E-state index >= 15 is 0 Å². The molecule has 2 heteroatoms. The predicted molar refractivity (Wildman–Crippen MR) is 62.6 cm³/mol. The number of nitrogens with zero attached hydrogens (tertiary/aromatic N) is 1. The van der Waals surface area contributed by atoms with Crippen molar-refractivity contribution in [3.05, 3.63) is 0 Å². The molecule has 0 saturated heterocycles. The molecule has 1 aliphatic carbocycles. The van der Waals surface area contributed by atoms with Gasteiger partial charge in [0.1, 0.15) is 0 Å². The van der Waals surface area contributed by atoms with Gasteiger partial charge in [0.2, 0.25) is 0 Å². The molecule has 0 bridgehead atoms. The van der Waals surface area contributed by atoms with Crippen LogP contribution in [0.2, 0.25) is 0 Å². The van der Waals surface area contributed by atoms with Crippen LogP contribution in [0.4, 0.5) is 0 Å². The minimum atomic E-state index is 0.788. The van der Waals surface area contributed by atoms with Gasteiger partial charge in [-0.05, 0) is 45.3 Å². The van der Waals surface area contributed by atoms with Crippen LogP contribution in [-0.2, 0) is 0 Å². The lowest BCUT2D eigenvalue weighted by Crippen LogP contribution is -2.36. The number of hydrogen-bond acceptors (Lipinski definition) is 2. The topological polar surface area (TPSA) is 15.3 Å². The summed E-state index contributed by atoms with van der Waals surface area (Å²) >= 11 is 0. The Bertz CT molecular complexity index is 147. The largest absolute Gasteiger partial charge is 0.314 e. The number of nitrogens with one attached hydrogen (secondary N) is 1. The maximum Gasteiger partial charge on any atom is 0.0110 e. The summed E-state index contributed by atoms with van der Waals surface area (Å²) in [5.41, 5.74) is 0. The summed E-state index contributed by atoms with van der Waals surface area (Å²) in [6.45, 7) is 10.4. The molecule has 0 spiro atoms. The standard InChI is InChI=1S/C12H26N2/c1-4-9-14(6-3)12-8-7-11(10-12)13-5-2/h11-13H,4-10H2,1-3H3. The highest BCUT2D eigenvalue weighted by Crippen LogP contribution is 2.24. The van der Waals surface area contributed by atoms with Crippen molar-refractivity contribution in [2.24, 2.45) is 0 Å². The molecule has 1 N–H and O–H groups in total. The molecule has 0 aromatic carbocycles. The van der Waals surface area contributed by atoms with Crippen molar-refractivity contribution in [3.63, 3.8) is 0 Å². The monoisotopic (exact) mass is 198 g/mol. The van der Waals surface area contributed by atoms with Gasteiger partial charge in [0.25, 0.3) is 0 Å². The summed E-state index contributed by atoms with van der Waals surface area (Å²) in [6, 6.07) is 1.64. The molecule has 2 atom stereocenters. The van der Waals surface area contributed by atoms with Crippen LogP contribution in [0.1, 0.15) is 46.5 Å². The first-order valence-corrected chi connectivity index (χ1v) is 6.29. The molecule has 0 aliphatic heterocycles. The maximum atomic E-state index is 3.57. The van der Waals surface area contributed by atoms with Crippen LogP contribution in [0.15, 0.2) is 0 Å². The second kappa shape index (κ2) is 6.41. The Hall–Kier alpha value is -0.0800. The van der Waals surface area contributed by atoms with Crippen LogP contribution in [0.5, 0.6) is 0 Å². The lowest BCUT2D eigenvalue weighted by atomic mass is 10.2. The first-order valence-electron chi connectivity index (χ1n) is 6.29. The van der Waals surface area contributed by atoms with Gasteiger partial charge in [-0.25, -0.2) is 0 Å². The van der Waals surface area contributed by atoms with Crippen LogP contribution in [0, 0.1) is 0 Å². The molecule has 14 heavy (non-hydrogen) atoms. The van der Waals surface area contributed by atoms with Crippen LogP contribution in [-0.4, -0.2) is 36.6 Å². The summed E-state index contributed by atoms with van der Waals surface area (Å²) in [4.78, 5) is 2.65. The van der Waals surface area contributed by atoms with E-state index in [9.17, 15) is 0 Å².